The summed E-state index contributed by atoms with van der Waals surface area (Å²) in [6.45, 7) is 7.67. The number of nitrogens with zero attached hydrogens (tertiary/aromatic N) is 1. The molecule has 2 aromatic carbocycles. The molecule has 0 saturated heterocycles. The molecule has 0 bridgehead atoms. The predicted octanol–water partition coefficient (Wildman–Crippen LogP) is 2.35. The van der Waals surface area contributed by atoms with Crippen molar-refractivity contribution in [3.05, 3.63) is 97.4 Å². The van der Waals surface area contributed by atoms with E-state index in [0.717, 1.165) is 29.5 Å². The van der Waals surface area contributed by atoms with Crippen molar-refractivity contribution < 1.29 is 45.2 Å². The number of hydrogen-bond acceptors (Lipinski definition) is 4. The fourth-order valence-electron chi connectivity index (χ4n) is 2.34. The second-order valence-electron chi connectivity index (χ2n) is 6.13. The Hall–Kier alpha value is -2.40. The van der Waals surface area contributed by atoms with Crippen LogP contribution in [0.2, 0.25) is 0 Å². The second-order valence-corrected chi connectivity index (χ2v) is 8.10. The molecule has 0 aliphatic heterocycles. The molecule has 0 aliphatic rings. The smallest absolute Gasteiger partial charge is 0.470 e. The molecule has 4 nitrogen and oxygen atoms in total. The van der Waals surface area contributed by atoms with Crippen LogP contribution in [-0.4, -0.2) is 19.7 Å². The summed E-state index contributed by atoms with van der Waals surface area (Å²) in [5.41, 5.74) is 0.935. The molecular formula is C22H19F3LiNO3S-2. The van der Waals surface area contributed by atoms with Crippen molar-refractivity contribution in [3.8, 4) is 11.5 Å². The fourth-order valence-corrected chi connectivity index (χ4v) is 2.88. The zero-order chi connectivity index (χ0) is 22.4. The minimum absolute atomic E-state index is 0. The molecule has 1 aromatic heterocycles. The van der Waals surface area contributed by atoms with Crippen molar-refractivity contribution in [2.45, 2.75) is 17.6 Å². The molecule has 0 spiro atoms. The van der Waals surface area contributed by atoms with Crippen LogP contribution in [-0.2, 0) is 22.4 Å². The molecule has 0 radical (unpaired) electrons. The fraction of sp³-hybridized carbons (Fsp3) is 0.136. The summed E-state index contributed by atoms with van der Waals surface area (Å²) < 4.78 is 64.5. The maximum absolute atomic E-state index is 12.5. The van der Waals surface area contributed by atoms with E-state index in [0.29, 0.717) is 17.9 Å². The van der Waals surface area contributed by atoms with Gasteiger partial charge in [-0.15, -0.1) is 17.7 Å². The average molecular weight is 441 g/mol. The first-order valence-corrected chi connectivity index (χ1v) is 10.5. The minimum Gasteiger partial charge on any atom is -0.470 e. The number of benzene rings is 2. The summed E-state index contributed by atoms with van der Waals surface area (Å²) in [5, 5.41) is 0.0648. The van der Waals surface area contributed by atoms with Gasteiger partial charge in [0.05, 0.1) is 11.3 Å². The van der Waals surface area contributed by atoms with E-state index < -0.39 is 21.6 Å². The first-order chi connectivity index (χ1) is 14.0. The molecule has 3 aromatic rings. The zero-order valence-electron chi connectivity index (χ0n) is 17.1. The maximum atomic E-state index is 12.5. The van der Waals surface area contributed by atoms with Crippen molar-refractivity contribution in [2.24, 2.45) is 0 Å². The van der Waals surface area contributed by atoms with Crippen molar-refractivity contribution in [2.75, 3.05) is 6.26 Å². The van der Waals surface area contributed by atoms with E-state index in [9.17, 15) is 21.6 Å². The number of rotatable bonds is 4. The van der Waals surface area contributed by atoms with Crippen LogP contribution in [0.1, 0.15) is 16.7 Å². The van der Waals surface area contributed by atoms with Crippen molar-refractivity contribution in [3.63, 3.8) is 0 Å². The van der Waals surface area contributed by atoms with Gasteiger partial charge in [0.15, 0.2) is 0 Å². The number of aromatic nitrogens is 1. The number of sulfone groups is 1. The van der Waals surface area contributed by atoms with E-state index in [1.807, 2.05) is 6.07 Å². The number of halogens is 3. The Morgan fingerprint density at radius 3 is 2.23 bits per heavy atom. The molecule has 0 aliphatic carbocycles. The monoisotopic (exact) mass is 441 g/mol. The first kappa shape index (κ1) is 26.6. The van der Waals surface area contributed by atoms with Gasteiger partial charge >= 0.3 is 25.0 Å². The van der Waals surface area contributed by atoms with Crippen molar-refractivity contribution in [1.82, 2.24) is 4.98 Å². The van der Waals surface area contributed by atoms with Gasteiger partial charge in [0.2, 0.25) is 0 Å². The van der Waals surface area contributed by atoms with E-state index in [4.69, 9.17) is 4.74 Å². The Balaban J connectivity index is 0.000000370. The Morgan fingerprint density at radius 1 is 1.13 bits per heavy atom. The number of hydrogen-bond donors (Lipinski definition) is 0. The third-order valence-electron chi connectivity index (χ3n) is 3.85. The summed E-state index contributed by atoms with van der Waals surface area (Å²) in [6.07, 6.45) is -1.33. The Morgan fingerprint density at radius 2 is 1.77 bits per heavy atom. The van der Waals surface area contributed by atoms with E-state index >= 15 is 0 Å². The molecule has 0 N–H and O–H groups in total. The van der Waals surface area contributed by atoms with Gasteiger partial charge in [-0.25, -0.2) is 8.42 Å². The average Bonchev–Trinajstić information content (AvgIpc) is 2.68. The largest absolute Gasteiger partial charge is 1.00 e. The summed E-state index contributed by atoms with van der Waals surface area (Å²) in [4.78, 5) is 3.63. The van der Waals surface area contributed by atoms with Crippen LogP contribution in [0.5, 0.6) is 11.5 Å². The van der Waals surface area contributed by atoms with Crippen molar-refractivity contribution >= 4 is 9.84 Å². The molecule has 160 valence electrons. The van der Waals surface area contributed by atoms with E-state index in [1.54, 1.807) is 18.2 Å². The van der Waals surface area contributed by atoms with Crippen LogP contribution >= 0.6 is 0 Å². The molecule has 0 saturated carbocycles. The minimum atomic E-state index is -4.34. The number of alkyl halides is 3. The molecular weight excluding hydrogens is 422 g/mol. The quantitative estimate of drug-likeness (QED) is 0.461. The van der Waals surface area contributed by atoms with Gasteiger partial charge in [-0.2, -0.15) is 50.3 Å². The molecule has 0 fully saturated rings. The van der Waals surface area contributed by atoms with Crippen LogP contribution in [0.25, 0.3) is 0 Å². The molecule has 1 heterocycles. The molecule has 0 amide bonds. The Kier molecular flexibility index (Phi) is 9.69. The van der Waals surface area contributed by atoms with Gasteiger partial charge < -0.3 is 16.6 Å². The zero-order valence-corrected chi connectivity index (χ0v) is 17.9. The van der Waals surface area contributed by atoms with E-state index in [2.05, 4.69) is 24.9 Å². The molecule has 0 atom stereocenters. The molecule has 0 unspecified atom stereocenters. The normalized spacial score (nSPS) is 11.0. The topological polar surface area (TPSA) is 56.3 Å². The summed E-state index contributed by atoms with van der Waals surface area (Å²) in [7, 11) is -3.15. The van der Waals surface area contributed by atoms with Crippen LogP contribution in [0.3, 0.4) is 0 Å². The third kappa shape index (κ3) is 7.98. The molecule has 31 heavy (non-hydrogen) atoms. The van der Waals surface area contributed by atoms with E-state index in [1.165, 1.54) is 24.4 Å². The van der Waals surface area contributed by atoms with Crippen LogP contribution in [0.4, 0.5) is 13.2 Å². The maximum Gasteiger partial charge on any atom is 1.00 e. The standard InChI is InChI=1S/C16H13F3O.C6H6NO2S.Li/c1-3-14-11(2)5-4-6-15(14)20-13-9-7-12(8-10-13)16(17,18)19;1-10(8,9)6-4-2-3-5-7-6;/h4-10H,1-3H2;3-5H,1H3;/q-2;-1;+1. The molecule has 9 heteroatoms. The summed E-state index contributed by atoms with van der Waals surface area (Å²) in [6, 6.07) is 15.5. The van der Waals surface area contributed by atoms with E-state index in [-0.39, 0.29) is 23.9 Å². The Labute approximate surface area is 192 Å². The SMILES string of the molecule is CS(=O)(=O)c1c[c-]ccn1.[CH2-]Cc1c([CH2-])cccc1Oc1ccc(C(F)(F)F)cc1.[Li+]. The van der Waals surface area contributed by atoms with Crippen molar-refractivity contribution in [1.29, 1.82) is 0 Å². The van der Waals surface area contributed by atoms with Crippen LogP contribution in [0.15, 0.2) is 65.8 Å². The van der Waals surface area contributed by atoms with Crippen LogP contribution in [0, 0.1) is 19.9 Å². The van der Waals surface area contributed by atoms with Gasteiger partial charge in [-0.1, -0.05) is 6.20 Å². The summed E-state index contributed by atoms with van der Waals surface area (Å²) in [5.74, 6) is 0.908. The van der Waals surface area contributed by atoms with Crippen LogP contribution < -0.4 is 23.6 Å². The Bertz CT molecular complexity index is 1070. The van der Waals surface area contributed by atoms with Gasteiger partial charge in [0, 0.05) is 11.3 Å². The van der Waals surface area contributed by atoms with Gasteiger partial charge in [0.25, 0.3) is 0 Å². The number of ether oxygens (including phenoxy) is 1. The summed E-state index contributed by atoms with van der Waals surface area (Å²) >= 11 is 0. The predicted molar refractivity (Wildman–Crippen MR) is 108 cm³/mol. The molecule has 3 rings (SSSR count). The van der Waals surface area contributed by atoms with Gasteiger partial charge in [-0.3, -0.25) is 0 Å². The first-order valence-electron chi connectivity index (χ1n) is 8.62. The number of pyridine rings is 1. The third-order valence-corrected chi connectivity index (χ3v) is 4.83. The van der Waals surface area contributed by atoms with Gasteiger partial charge in [0.1, 0.15) is 15.6 Å². The second kappa shape index (κ2) is 11.3. The van der Waals surface area contributed by atoms with Gasteiger partial charge in [-0.05, 0) is 30.3 Å².